The number of aromatic hydroxyl groups is 1. The molecule has 5 nitrogen and oxygen atoms in total. The van der Waals surface area contributed by atoms with Gasteiger partial charge in [-0.05, 0) is 25.1 Å². The Balaban J connectivity index is 1.29. The van der Waals surface area contributed by atoms with Crippen LogP contribution in [0.2, 0.25) is 0 Å². The van der Waals surface area contributed by atoms with Crippen molar-refractivity contribution < 1.29 is 32.6 Å². The summed E-state index contributed by atoms with van der Waals surface area (Å²) < 4.78 is 9.69. The molecular weight excluding hydrogens is 926 g/mol. The Labute approximate surface area is 344 Å². The maximum atomic E-state index is 13.4. The summed E-state index contributed by atoms with van der Waals surface area (Å²) in [6.45, 7) is 5.07. The topological polar surface area (TPSA) is 74.7 Å². The maximum absolute atomic E-state index is 13.4. The minimum atomic E-state index is -2.53. The zero-order valence-corrected chi connectivity index (χ0v) is 35.6. The van der Waals surface area contributed by atoms with Crippen molar-refractivity contribution in [3.05, 3.63) is 181 Å². The number of thiophene rings is 2. The summed E-state index contributed by atoms with van der Waals surface area (Å²) in [5, 5.41) is 15.8. The van der Waals surface area contributed by atoms with E-state index in [0.717, 1.165) is 41.5 Å². The number of aromatic amines is 1. The van der Waals surface area contributed by atoms with Crippen molar-refractivity contribution in [1.82, 2.24) is 4.98 Å². The van der Waals surface area contributed by atoms with E-state index in [9.17, 15) is 9.90 Å². The van der Waals surface area contributed by atoms with Crippen molar-refractivity contribution in [2.75, 3.05) is 13.2 Å². The van der Waals surface area contributed by atoms with Crippen LogP contribution >= 0.6 is 29.9 Å². The molecule has 0 radical (unpaired) electrons. The molecule has 1 saturated heterocycles. The van der Waals surface area contributed by atoms with E-state index in [2.05, 4.69) is 129 Å². The third-order valence-electron chi connectivity index (χ3n) is 9.71. The van der Waals surface area contributed by atoms with Crippen LogP contribution < -0.4 is 15.9 Å². The van der Waals surface area contributed by atoms with E-state index in [1.165, 1.54) is 38.6 Å². The fourth-order valence-electron chi connectivity index (χ4n) is 7.18. The van der Waals surface area contributed by atoms with Crippen LogP contribution in [0.1, 0.15) is 44.4 Å². The van der Waals surface area contributed by atoms with Gasteiger partial charge < -0.3 is 0 Å². The van der Waals surface area contributed by atoms with E-state index in [1.54, 1.807) is 17.9 Å². The molecule has 9 heteroatoms. The van der Waals surface area contributed by atoms with Crippen molar-refractivity contribution >= 4 is 63.5 Å². The average molecular weight is 961 g/mol. The summed E-state index contributed by atoms with van der Waals surface area (Å²) in [6.07, 6.45) is 8.29. The molecule has 5 heterocycles. The Morgan fingerprint density at radius 3 is 2.05 bits per heavy atom. The number of carbonyl (C=O) groups excluding carboxylic acids is 1. The molecule has 2 aliphatic rings. The van der Waals surface area contributed by atoms with E-state index in [-0.39, 0.29) is 11.8 Å². The van der Waals surface area contributed by atoms with Crippen molar-refractivity contribution in [2.45, 2.75) is 13.8 Å². The summed E-state index contributed by atoms with van der Waals surface area (Å²) in [7, 11) is -2.53. The Hall–Kier alpha value is -5.19. The number of H-pyrrole nitrogens is 1. The summed E-state index contributed by atoms with van der Waals surface area (Å²) >= 11 is 4.73. The predicted molar refractivity (Wildman–Crippen MR) is 230 cm³/mol. The van der Waals surface area contributed by atoms with Gasteiger partial charge in [-0.1, -0.05) is 6.08 Å². The second kappa shape index (κ2) is 16.5. The van der Waals surface area contributed by atoms with Gasteiger partial charge in [0.1, 0.15) is 0 Å². The third kappa shape index (κ3) is 6.94. The quantitative estimate of drug-likeness (QED) is 0.118. The van der Waals surface area contributed by atoms with Gasteiger partial charge in [-0.2, -0.15) is 0 Å². The molecule has 3 aromatic heterocycles. The number of aromatic nitrogens is 1. The Kier molecular flexibility index (Phi) is 11.1. The van der Waals surface area contributed by atoms with Crippen molar-refractivity contribution in [1.29, 1.82) is 0 Å². The number of fused-ring (bicyclic) bond motifs is 1. The molecule has 0 spiro atoms. The van der Waals surface area contributed by atoms with Gasteiger partial charge in [0.25, 0.3) is 0 Å². The van der Waals surface area contributed by atoms with Crippen LogP contribution in [0.5, 0.6) is 5.88 Å². The molecule has 8 rings (SSSR count). The summed E-state index contributed by atoms with van der Waals surface area (Å²) in [5.41, 5.74) is 4.98. The van der Waals surface area contributed by atoms with Crippen LogP contribution in [0.4, 0.5) is 0 Å². The first-order valence-corrected chi connectivity index (χ1v) is 22.7. The number of hydrogen-bond donors (Lipinski definition) is 2. The van der Waals surface area contributed by atoms with Gasteiger partial charge in [0.15, 0.2) is 0 Å². The van der Waals surface area contributed by atoms with Crippen LogP contribution in [0.3, 0.4) is 0 Å². The van der Waals surface area contributed by atoms with Gasteiger partial charge in [-0.15, -0.1) is 11.3 Å². The normalized spacial score (nSPS) is 15.8. The van der Waals surface area contributed by atoms with Crippen molar-refractivity contribution in [3.8, 4) is 32.7 Å². The van der Waals surface area contributed by atoms with E-state index in [0.29, 0.717) is 35.7 Å². The predicted octanol–water partition coefficient (Wildman–Crippen LogP) is 9.54. The number of allylic oxidation sites excluding steroid dienone is 5. The molecule has 3 aromatic carbocycles. The van der Waals surface area contributed by atoms with Crippen LogP contribution in [0, 0.1) is 16.2 Å². The fourth-order valence-corrected chi connectivity index (χ4v) is 14.8. The minimum absolute atomic E-state index is 0.0698. The van der Waals surface area contributed by atoms with Crippen LogP contribution in [0.15, 0.2) is 161 Å². The first-order valence-electron chi connectivity index (χ1n) is 18.0. The van der Waals surface area contributed by atoms with E-state index in [4.69, 9.17) is 4.74 Å². The Morgan fingerprint density at radius 1 is 0.821 bits per heavy atom. The summed E-state index contributed by atoms with van der Waals surface area (Å²) in [5.74, 6) is 6.71. The van der Waals surface area contributed by atoms with Gasteiger partial charge in [-0.25, -0.2) is 0 Å². The molecule has 2 aliphatic heterocycles. The van der Waals surface area contributed by atoms with Gasteiger partial charge in [0, 0.05) is 4.88 Å². The SMILES string of the molecule is CC=C1COCC1=CC(C#Cc1ccc(-c2[nH]c(O)c3c2C(=O)N=C3c2ccc(/C=C/C)s2)s1)=C([C]#[Os])[P+](c1ccccc1)(c1ccccc1)c1ccccc1. The number of nitrogens with zero attached hydrogens (tertiary/aromatic N) is 1. The fraction of sp³-hybridized carbons (Fsp3) is 0.0851. The standard InChI is InChI=1S/C47H34N2O3PS2.Os/c1-4-15-38-24-26-40(54-38)44-42-43(47(51)48-44)45(49-46(42)50)41-27-25-39(55-41)23-22-33(28-34-30-52-29-32(34)5-2)31(3)53(35-16-9-6-10-17-35,36-18-11-7-12-19-36)37-20-13-8-14-21-37;/h4-21,24-28H,29-30H2,1-2H3,(H-,48,49,50,51);/p+1/b15-4+,32-5?,33-31?,34-28?;. The van der Waals surface area contributed by atoms with Crippen LogP contribution in [-0.4, -0.2) is 34.9 Å². The Morgan fingerprint density at radius 2 is 1.45 bits per heavy atom. The number of carbonyl (C=O) groups is 1. The molecule has 0 unspecified atom stereocenters. The molecular formula is C47H35N2O3OsPS2+. The number of rotatable bonds is 8. The number of ether oxygens (including phenoxy) is 1. The summed E-state index contributed by atoms with van der Waals surface area (Å²) in [6, 6.07) is 40.1. The monoisotopic (exact) mass is 962 g/mol. The van der Waals surface area contributed by atoms with E-state index in [1.807, 2.05) is 50.3 Å². The Bertz CT molecular complexity index is 2640. The third-order valence-corrected chi connectivity index (χ3v) is 17.2. The van der Waals surface area contributed by atoms with Gasteiger partial charge in [0.05, 0.1) is 4.88 Å². The number of nitrogens with one attached hydrogen (secondary N) is 1. The molecule has 0 aliphatic carbocycles. The molecule has 1 fully saturated rings. The first-order chi connectivity index (χ1) is 27.5. The second-order valence-corrected chi connectivity index (χ2v) is 19.2. The first kappa shape index (κ1) is 37.7. The van der Waals surface area contributed by atoms with Gasteiger partial charge in [-0.3, -0.25) is 0 Å². The van der Waals surface area contributed by atoms with E-state index >= 15 is 0 Å². The molecule has 275 valence electrons. The van der Waals surface area contributed by atoms with Gasteiger partial charge >= 0.3 is 295 Å². The molecule has 56 heavy (non-hydrogen) atoms. The molecule has 0 saturated carbocycles. The zero-order chi connectivity index (χ0) is 38.6. The summed E-state index contributed by atoms with van der Waals surface area (Å²) in [4.78, 5) is 24.4. The van der Waals surface area contributed by atoms with Crippen LogP contribution in [0.25, 0.3) is 16.6 Å². The zero-order valence-electron chi connectivity index (χ0n) is 30.5. The molecule has 0 atom stereocenters. The van der Waals surface area contributed by atoms with Crippen LogP contribution in [-0.2, 0) is 22.7 Å². The number of amides is 1. The number of benzene rings is 3. The number of hydrogen-bond acceptors (Lipinski definition) is 5. The van der Waals surface area contributed by atoms with E-state index < -0.39 is 7.26 Å². The molecule has 1 amide bonds. The van der Waals surface area contributed by atoms with Gasteiger partial charge in [0.2, 0.25) is 0 Å². The molecule has 6 aromatic rings. The average Bonchev–Trinajstić information content (AvgIpc) is 4.09. The molecule has 0 bridgehead atoms. The number of aliphatic imine (C=N–C) groups is 1. The molecule has 2 N–H and O–H groups in total. The van der Waals surface area contributed by atoms with Crippen molar-refractivity contribution in [2.24, 2.45) is 4.99 Å². The second-order valence-electron chi connectivity index (χ2n) is 13.0. The van der Waals surface area contributed by atoms with Crippen molar-refractivity contribution in [3.63, 3.8) is 0 Å².